The monoisotopic (exact) mass is 455 g/mol. The molecule has 1 aliphatic carbocycles. The van der Waals surface area contributed by atoms with Crippen molar-refractivity contribution in [3.8, 4) is 11.4 Å². The fourth-order valence-corrected chi connectivity index (χ4v) is 4.60. The number of imidazole rings is 1. The summed E-state index contributed by atoms with van der Waals surface area (Å²) in [6.45, 7) is 0.760. The van der Waals surface area contributed by atoms with E-state index in [1.54, 1.807) is 11.3 Å². The quantitative estimate of drug-likeness (QED) is 0.394. The lowest BCUT2D eigenvalue weighted by atomic mass is 9.92. The highest BCUT2D eigenvalue weighted by Gasteiger charge is 2.20. The summed E-state index contributed by atoms with van der Waals surface area (Å²) in [5.74, 6) is 1.66. The second kappa shape index (κ2) is 9.64. The van der Waals surface area contributed by atoms with Gasteiger partial charge in [0.05, 0.1) is 17.6 Å². The third-order valence-electron chi connectivity index (χ3n) is 5.61. The number of pyridine rings is 1. The van der Waals surface area contributed by atoms with Crippen molar-refractivity contribution >= 4 is 41.0 Å². The van der Waals surface area contributed by atoms with Gasteiger partial charge in [-0.3, -0.25) is 4.40 Å². The molecule has 1 saturated carbocycles. The van der Waals surface area contributed by atoms with Crippen LogP contribution in [-0.4, -0.2) is 31.4 Å². The summed E-state index contributed by atoms with van der Waals surface area (Å²) in [6, 6.07) is 8.86. The van der Waals surface area contributed by atoms with E-state index in [2.05, 4.69) is 41.8 Å². The summed E-state index contributed by atoms with van der Waals surface area (Å²) in [5, 5.41) is 11.2. The Hall–Kier alpha value is -2.68. The maximum atomic E-state index is 6.04. The molecule has 0 amide bonds. The van der Waals surface area contributed by atoms with Crippen molar-refractivity contribution in [2.75, 3.05) is 10.6 Å². The Bertz CT molecular complexity index is 1120. The van der Waals surface area contributed by atoms with Gasteiger partial charge in [0.1, 0.15) is 5.82 Å². The number of anilines is 2. The molecular formula is C22H26ClN7S. The molecule has 4 N–H and O–H groups in total. The lowest BCUT2D eigenvalue weighted by Crippen LogP contribution is -2.33. The fourth-order valence-electron chi connectivity index (χ4n) is 3.93. The Kier molecular flexibility index (Phi) is 6.70. The number of halogens is 1. The summed E-state index contributed by atoms with van der Waals surface area (Å²) < 4.78 is 2.05. The van der Waals surface area contributed by atoms with E-state index in [9.17, 15) is 0 Å². The molecule has 0 spiro atoms. The highest BCUT2D eigenvalue weighted by atomic mass is 35.5. The highest BCUT2D eigenvalue weighted by Crippen LogP contribution is 2.26. The van der Waals surface area contributed by atoms with E-state index >= 15 is 0 Å². The van der Waals surface area contributed by atoms with Crippen LogP contribution in [0.15, 0.2) is 53.6 Å². The lowest BCUT2D eigenvalue weighted by molar-refractivity contribution is 0.410. The topological polar surface area (TPSA) is 93.2 Å². The van der Waals surface area contributed by atoms with Gasteiger partial charge in [0, 0.05) is 31.0 Å². The molecule has 162 valence electrons. The second-order valence-electron chi connectivity index (χ2n) is 7.76. The number of rotatable bonds is 6. The van der Waals surface area contributed by atoms with Crippen LogP contribution in [0.2, 0.25) is 0 Å². The van der Waals surface area contributed by atoms with Crippen LogP contribution >= 0.6 is 23.7 Å². The first-order valence-electron chi connectivity index (χ1n) is 10.3. The van der Waals surface area contributed by atoms with Gasteiger partial charge in [-0.2, -0.15) is 11.3 Å². The molecule has 0 aliphatic heterocycles. The summed E-state index contributed by atoms with van der Waals surface area (Å²) in [6.07, 6.45) is 9.85. The average Bonchev–Trinajstić information content (AvgIpc) is 3.44. The van der Waals surface area contributed by atoms with Crippen LogP contribution in [0.1, 0.15) is 31.2 Å². The Morgan fingerprint density at radius 1 is 1.13 bits per heavy atom. The molecule has 5 rings (SSSR count). The van der Waals surface area contributed by atoms with Crippen LogP contribution in [0.4, 0.5) is 11.6 Å². The first-order chi connectivity index (χ1) is 14.8. The summed E-state index contributed by atoms with van der Waals surface area (Å²) in [4.78, 5) is 14.0. The third kappa shape index (κ3) is 4.81. The van der Waals surface area contributed by atoms with Gasteiger partial charge in [-0.05, 0) is 60.2 Å². The van der Waals surface area contributed by atoms with Crippen molar-refractivity contribution < 1.29 is 0 Å². The number of nitrogens with one attached hydrogen (secondary N) is 2. The van der Waals surface area contributed by atoms with Crippen molar-refractivity contribution in [3.05, 3.63) is 59.2 Å². The van der Waals surface area contributed by atoms with Gasteiger partial charge < -0.3 is 16.4 Å². The summed E-state index contributed by atoms with van der Waals surface area (Å²) in [5.41, 5.74) is 9.93. The average molecular weight is 456 g/mol. The maximum absolute atomic E-state index is 6.04. The first-order valence-corrected chi connectivity index (χ1v) is 11.3. The minimum Gasteiger partial charge on any atom is -0.366 e. The summed E-state index contributed by atoms with van der Waals surface area (Å²) in [7, 11) is 0. The molecule has 4 aromatic heterocycles. The Balaban J connectivity index is 0.00000231. The minimum atomic E-state index is 0. The Morgan fingerprint density at radius 2 is 2.00 bits per heavy atom. The molecule has 7 nitrogen and oxygen atoms in total. The van der Waals surface area contributed by atoms with Crippen molar-refractivity contribution in [3.63, 3.8) is 0 Å². The van der Waals surface area contributed by atoms with Gasteiger partial charge in [0.15, 0.2) is 11.5 Å². The lowest BCUT2D eigenvalue weighted by Gasteiger charge is -2.27. The zero-order valence-electron chi connectivity index (χ0n) is 17.1. The number of nitrogens with zero attached hydrogens (tertiary/aromatic N) is 4. The molecule has 0 atom stereocenters. The summed E-state index contributed by atoms with van der Waals surface area (Å²) >= 11 is 1.70. The van der Waals surface area contributed by atoms with Crippen LogP contribution in [-0.2, 0) is 6.54 Å². The van der Waals surface area contributed by atoms with Crippen LogP contribution in [0, 0.1) is 0 Å². The van der Waals surface area contributed by atoms with E-state index in [1.807, 2.05) is 36.8 Å². The SMILES string of the molecule is Cl.NC1CCC(Nc2nccn3c(-c4cccc(NCc5ccsc5)n4)cnc23)CC1. The molecule has 1 aliphatic rings. The molecule has 4 aromatic rings. The van der Waals surface area contributed by atoms with E-state index < -0.39 is 0 Å². The van der Waals surface area contributed by atoms with Gasteiger partial charge in [0.25, 0.3) is 0 Å². The highest BCUT2D eigenvalue weighted by molar-refractivity contribution is 7.07. The van der Waals surface area contributed by atoms with E-state index in [4.69, 9.17) is 10.7 Å². The first kappa shape index (κ1) is 21.5. The molecule has 0 unspecified atom stereocenters. The number of nitrogens with two attached hydrogens (primary N) is 1. The number of fused-ring (bicyclic) bond motifs is 1. The van der Waals surface area contributed by atoms with E-state index in [-0.39, 0.29) is 12.4 Å². The fraction of sp³-hybridized carbons (Fsp3) is 0.318. The van der Waals surface area contributed by atoms with Gasteiger partial charge in [-0.25, -0.2) is 15.0 Å². The van der Waals surface area contributed by atoms with Crippen molar-refractivity contribution in [2.24, 2.45) is 5.73 Å². The molecule has 1 fully saturated rings. The van der Waals surface area contributed by atoms with Crippen molar-refractivity contribution in [1.82, 2.24) is 19.4 Å². The van der Waals surface area contributed by atoms with Crippen molar-refractivity contribution in [1.29, 1.82) is 0 Å². The third-order valence-corrected chi connectivity index (χ3v) is 6.34. The van der Waals surface area contributed by atoms with Crippen LogP contribution < -0.4 is 16.4 Å². The number of aromatic nitrogens is 4. The molecule has 9 heteroatoms. The number of hydrogen-bond donors (Lipinski definition) is 3. The standard InChI is InChI=1S/C22H25N7S.ClH/c23-16-4-6-17(7-5-16)27-21-22-26-13-19(29(22)10-9-24-21)18-2-1-3-20(28-18)25-12-15-8-11-30-14-15;/h1-3,8-11,13-14,16-17H,4-7,12,23H2,(H,24,27)(H,25,28);1H. The Labute approximate surface area is 191 Å². The van der Waals surface area contributed by atoms with Gasteiger partial charge >= 0.3 is 0 Å². The van der Waals surface area contributed by atoms with Gasteiger partial charge in [-0.1, -0.05) is 6.07 Å². The number of thiophene rings is 1. The predicted molar refractivity (Wildman–Crippen MR) is 129 cm³/mol. The zero-order chi connectivity index (χ0) is 20.3. The van der Waals surface area contributed by atoms with Crippen molar-refractivity contribution in [2.45, 2.75) is 44.3 Å². The van der Waals surface area contributed by atoms with E-state index in [1.165, 1.54) is 5.56 Å². The molecule has 0 bridgehead atoms. The van der Waals surface area contributed by atoms with Crippen LogP contribution in [0.5, 0.6) is 0 Å². The number of hydrogen-bond acceptors (Lipinski definition) is 7. The van der Waals surface area contributed by atoms with Gasteiger partial charge in [-0.15, -0.1) is 12.4 Å². The van der Waals surface area contributed by atoms with Crippen LogP contribution in [0.3, 0.4) is 0 Å². The maximum Gasteiger partial charge on any atom is 0.180 e. The molecule has 0 aromatic carbocycles. The predicted octanol–water partition coefficient (Wildman–Crippen LogP) is 4.57. The van der Waals surface area contributed by atoms with Gasteiger partial charge in [0.2, 0.25) is 0 Å². The van der Waals surface area contributed by atoms with Crippen LogP contribution in [0.25, 0.3) is 17.0 Å². The minimum absolute atomic E-state index is 0. The van der Waals surface area contributed by atoms with E-state index in [0.29, 0.717) is 12.1 Å². The van der Waals surface area contributed by atoms with E-state index in [0.717, 1.165) is 60.9 Å². The molecule has 0 radical (unpaired) electrons. The molecule has 4 heterocycles. The zero-order valence-corrected chi connectivity index (χ0v) is 18.7. The molecule has 31 heavy (non-hydrogen) atoms. The largest absolute Gasteiger partial charge is 0.366 e. The molecular weight excluding hydrogens is 430 g/mol. The molecule has 0 saturated heterocycles. The second-order valence-corrected chi connectivity index (χ2v) is 8.54. The normalized spacial score (nSPS) is 18.5. The smallest absolute Gasteiger partial charge is 0.180 e. The Morgan fingerprint density at radius 3 is 2.81 bits per heavy atom.